The second-order valence-corrected chi connectivity index (χ2v) is 4.52. The second kappa shape index (κ2) is 5.66. The summed E-state index contributed by atoms with van der Waals surface area (Å²) in [7, 11) is 0. The van der Waals surface area contributed by atoms with Crippen molar-refractivity contribution in [3.05, 3.63) is 24.0 Å². The van der Waals surface area contributed by atoms with Gasteiger partial charge in [0, 0.05) is 19.3 Å². The van der Waals surface area contributed by atoms with Gasteiger partial charge in [0.05, 0.1) is 17.4 Å². The smallest absolute Gasteiger partial charge is 0.256 e. The molecule has 0 bridgehead atoms. The number of carbonyl (C=O) groups is 1. The molecule has 0 radical (unpaired) electrons. The van der Waals surface area contributed by atoms with Crippen molar-refractivity contribution in [2.24, 2.45) is 0 Å². The molecule has 2 heterocycles. The van der Waals surface area contributed by atoms with Gasteiger partial charge in [0.25, 0.3) is 5.91 Å². The first-order chi connectivity index (χ1) is 8.29. The van der Waals surface area contributed by atoms with Crippen molar-refractivity contribution in [3.63, 3.8) is 0 Å². The Morgan fingerprint density at radius 2 is 1.82 bits per heavy atom. The molecule has 17 heavy (non-hydrogen) atoms. The van der Waals surface area contributed by atoms with Gasteiger partial charge in [-0.25, -0.2) is 0 Å². The third-order valence-corrected chi connectivity index (χ3v) is 3.23. The van der Waals surface area contributed by atoms with E-state index in [4.69, 9.17) is 5.73 Å². The summed E-state index contributed by atoms with van der Waals surface area (Å²) in [6, 6.07) is 1.70. The number of likely N-dealkylation sites (tertiary alicyclic amines) is 1. The molecule has 4 nitrogen and oxygen atoms in total. The van der Waals surface area contributed by atoms with Crippen molar-refractivity contribution in [3.8, 4) is 0 Å². The quantitative estimate of drug-likeness (QED) is 0.807. The first kappa shape index (κ1) is 11.9. The van der Waals surface area contributed by atoms with E-state index in [1.54, 1.807) is 12.3 Å². The van der Waals surface area contributed by atoms with E-state index in [9.17, 15) is 4.79 Å². The van der Waals surface area contributed by atoms with E-state index in [-0.39, 0.29) is 5.91 Å². The number of rotatable bonds is 1. The van der Waals surface area contributed by atoms with E-state index in [2.05, 4.69) is 4.98 Å². The predicted octanol–water partition coefficient (Wildman–Crippen LogP) is 2.07. The average Bonchev–Trinajstić information content (AvgIpc) is 2.28. The minimum Gasteiger partial charge on any atom is -0.397 e. The van der Waals surface area contributed by atoms with Crippen LogP contribution in [0, 0.1) is 0 Å². The van der Waals surface area contributed by atoms with Gasteiger partial charge in [-0.1, -0.05) is 19.3 Å². The Labute approximate surface area is 102 Å². The van der Waals surface area contributed by atoms with Gasteiger partial charge in [0.1, 0.15) is 0 Å². The molecule has 92 valence electrons. The van der Waals surface area contributed by atoms with Crippen LogP contribution in [0.25, 0.3) is 0 Å². The summed E-state index contributed by atoms with van der Waals surface area (Å²) < 4.78 is 0. The van der Waals surface area contributed by atoms with Crippen molar-refractivity contribution < 1.29 is 4.79 Å². The summed E-state index contributed by atoms with van der Waals surface area (Å²) in [5.41, 5.74) is 6.84. The second-order valence-electron chi connectivity index (χ2n) is 4.52. The third-order valence-electron chi connectivity index (χ3n) is 3.23. The Morgan fingerprint density at radius 1 is 1.18 bits per heavy atom. The topological polar surface area (TPSA) is 59.2 Å². The lowest BCUT2D eigenvalue weighted by Crippen LogP contribution is -2.34. The molecule has 0 spiro atoms. The van der Waals surface area contributed by atoms with Crippen LogP contribution in [0.3, 0.4) is 0 Å². The van der Waals surface area contributed by atoms with Crippen LogP contribution in [0.5, 0.6) is 0 Å². The molecular weight excluding hydrogens is 214 g/mol. The number of anilines is 1. The van der Waals surface area contributed by atoms with Crippen molar-refractivity contribution in [1.29, 1.82) is 0 Å². The van der Waals surface area contributed by atoms with E-state index in [0.29, 0.717) is 11.3 Å². The molecule has 0 aromatic carbocycles. The molecule has 1 aliphatic rings. The van der Waals surface area contributed by atoms with E-state index in [1.165, 1.54) is 25.5 Å². The molecule has 1 fully saturated rings. The molecule has 0 unspecified atom stereocenters. The van der Waals surface area contributed by atoms with Crippen molar-refractivity contribution >= 4 is 11.6 Å². The van der Waals surface area contributed by atoms with Crippen LogP contribution >= 0.6 is 0 Å². The highest BCUT2D eigenvalue weighted by atomic mass is 16.2. The first-order valence-electron chi connectivity index (χ1n) is 6.28. The van der Waals surface area contributed by atoms with E-state index in [0.717, 1.165) is 25.9 Å². The first-order valence-corrected chi connectivity index (χ1v) is 6.28. The summed E-state index contributed by atoms with van der Waals surface area (Å²) in [6.45, 7) is 1.70. The number of nitrogen functional groups attached to an aromatic ring is 1. The van der Waals surface area contributed by atoms with Crippen LogP contribution in [-0.2, 0) is 0 Å². The van der Waals surface area contributed by atoms with Gasteiger partial charge in [-0.2, -0.15) is 0 Å². The summed E-state index contributed by atoms with van der Waals surface area (Å²) in [4.78, 5) is 18.1. The van der Waals surface area contributed by atoms with Crippen molar-refractivity contribution in [2.75, 3.05) is 18.8 Å². The van der Waals surface area contributed by atoms with Crippen LogP contribution in [-0.4, -0.2) is 28.9 Å². The Morgan fingerprint density at radius 3 is 2.47 bits per heavy atom. The highest BCUT2D eigenvalue weighted by Gasteiger charge is 2.18. The zero-order valence-corrected chi connectivity index (χ0v) is 10.1. The third kappa shape index (κ3) is 2.96. The molecule has 0 saturated carbocycles. The monoisotopic (exact) mass is 233 g/mol. The normalized spacial score (nSPS) is 17.3. The molecule has 1 aromatic heterocycles. The number of nitrogens with two attached hydrogens (primary N) is 1. The molecule has 0 aliphatic carbocycles. The van der Waals surface area contributed by atoms with Crippen LogP contribution in [0.4, 0.5) is 5.69 Å². The molecule has 4 heteroatoms. The Hall–Kier alpha value is -1.58. The van der Waals surface area contributed by atoms with Crippen molar-refractivity contribution in [2.45, 2.75) is 32.1 Å². The Kier molecular flexibility index (Phi) is 3.96. The number of nitrogens with zero attached hydrogens (tertiary/aromatic N) is 2. The molecule has 1 amide bonds. The minimum absolute atomic E-state index is 0.0480. The highest BCUT2D eigenvalue weighted by Crippen LogP contribution is 2.16. The summed E-state index contributed by atoms with van der Waals surface area (Å²) in [5, 5.41) is 0. The average molecular weight is 233 g/mol. The van der Waals surface area contributed by atoms with Gasteiger partial charge < -0.3 is 10.6 Å². The zero-order chi connectivity index (χ0) is 12.1. The van der Waals surface area contributed by atoms with Gasteiger partial charge in [0.2, 0.25) is 0 Å². The SMILES string of the molecule is Nc1cnccc1C(=O)N1CCCCCCC1. The maximum atomic E-state index is 12.3. The lowest BCUT2D eigenvalue weighted by Gasteiger charge is -2.25. The van der Waals surface area contributed by atoms with E-state index in [1.807, 2.05) is 4.90 Å². The standard InChI is InChI=1S/C13H19N3O/c14-12-10-15-7-6-11(12)13(17)16-8-4-2-1-3-5-9-16/h6-7,10H,1-5,8-9,14H2. The number of carbonyl (C=O) groups excluding carboxylic acids is 1. The summed E-state index contributed by atoms with van der Waals surface area (Å²) in [5.74, 6) is 0.0480. The number of hydrogen-bond donors (Lipinski definition) is 1. The molecule has 1 aliphatic heterocycles. The fourth-order valence-electron chi connectivity index (χ4n) is 2.22. The molecule has 1 saturated heterocycles. The molecule has 0 atom stereocenters. The van der Waals surface area contributed by atoms with Gasteiger partial charge in [-0.3, -0.25) is 9.78 Å². The summed E-state index contributed by atoms with van der Waals surface area (Å²) >= 11 is 0. The van der Waals surface area contributed by atoms with Crippen LogP contribution in [0.1, 0.15) is 42.5 Å². The summed E-state index contributed by atoms with van der Waals surface area (Å²) in [6.07, 6.45) is 9.07. The largest absolute Gasteiger partial charge is 0.397 e. The maximum absolute atomic E-state index is 12.3. The van der Waals surface area contributed by atoms with Gasteiger partial charge in [0.15, 0.2) is 0 Å². The molecular formula is C13H19N3O. The van der Waals surface area contributed by atoms with Crippen LogP contribution < -0.4 is 5.73 Å². The van der Waals surface area contributed by atoms with Crippen LogP contribution in [0.2, 0.25) is 0 Å². The highest BCUT2D eigenvalue weighted by molar-refractivity contribution is 5.98. The fraction of sp³-hybridized carbons (Fsp3) is 0.538. The molecule has 2 N–H and O–H groups in total. The van der Waals surface area contributed by atoms with E-state index < -0.39 is 0 Å². The molecule has 2 rings (SSSR count). The van der Waals surface area contributed by atoms with Crippen molar-refractivity contribution in [1.82, 2.24) is 9.88 Å². The Bertz CT molecular complexity index is 384. The Balaban J connectivity index is 2.10. The maximum Gasteiger partial charge on any atom is 0.256 e. The number of amides is 1. The van der Waals surface area contributed by atoms with Gasteiger partial charge in [-0.15, -0.1) is 0 Å². The van der Waals surface area contributed by atoms with Crippen LogP contribution in [0.15, 0.2) is 18.5 Å². The van der Waals surface area contributed by atoms with Gasteiger partial charge >= 0.3 is 0 Å². The number of pyridine rings is 1. The lowest BCUT2D eigenvalue weighted by molar-refractivity contribution is 0.0743. The zero-order valence-electron chi connectivity index (χ0n) is 10.1. The lowest BCUT2D eigenvalue weighted by atomic mass is 10.1. The fourth-order valence-corrected chi connectivity index (χ4v) is 2.22. The number of hydrogen-bond acceptors (Lipinski definition) is 3. The van der Waals surface area contributed by atoms with Gasteiger partial charge in [-0.05, 0) is 18.9 Å². The number of aromatic nitrogens is 1. The van der Waals surface area contributed by atoms with E-state index >= 15 is 0 Å². The molecule has 1 aromatic rings. The minimum atomic E-state index is 0.0480. The predicted molar refractivity (Wildman–Crippen MR) is 67.6 cm³/mol.